The molecule has 0 heterocycles. The minimum absolute atomic E-state index is 0.0806. The van der Waals surface area contributed by atoms with Crippen molar-refractivity contribution in [2.24, 2.45) is 5.84 Å². The second-order valence-electron chi connectivity index (χ2n) is 4.28. The Morgan fingerprint density at radius 3 is 2.76 bits per heavy atom. The molecule has 0 fully saturated rings. The zero-order valence-corrected chi connectivity index (χ0v) is 9.97. The molecule has 1 aromatic rings. The van der Waals surface area contributed by atoms with E-state index in [-0.39, 0.29) is 6.04 Å². The van der Waals surface area contributed by atoms with Crippen LogP contribution in [0.15, 0.2) is 30.4 Å². The molecule has 0 bridgehead atoms. The van der Waals surface area contributed by atoms with Crippen molar-refractivity contribution in [2.45, 2.75) is 32.2 Å². The average molecular weight is 240 g/mol. The van der Waals surface area contributed by atoms with E-state index in [0.29, 0.717) is 12.0 Å². The van der Waals surface area contributed by atoms with Gasteiger partial charge in [-0.1, -0.05) is 17.7 Å². The van der Waals surface area contributed by atoms with Crippen molar-refractivity contribution in [3.63, 3.8) is 0 Å². The molecule has 4 heteroatoms. The quantitative estimate of drug-likeness (QED) is 0.456. The van der Waals surface area contributed by atoms with E-state index in [1.165, 1.54) is 6.07 Å². The van der Waals surface area contributed by atoms with Crippen molar-refractivity contribution in [1.29, 1.82) is 0 Å². The van der Waals surface area contributed by atoms with E-state index in [0.717, 1.165) is 24.5 Å². The minimum atomic E-state index is -0.821. The lowest BCUT2D eigenvalue weighted by molar-refractivity contribution is 0.460. The first kappa shape index (κ1) is 13.8. The zero-order valence-electron chi connectivity index (χ0n) is 9.97. The third-order valence-corrected chi connectivity index (χ3v) is 2.65. The van der Waals surface area contributed by atoms with Gasteiger partial charge in [-0.25, -0.2) is 8.78 Å². The molecular formula is C13H18F2N2. The lowest BCUT2D eigenvalue weighted by atomic mass is 10.00. The van der Waals surface area contributed by atoms with Gasteiger partial charge in [0, 0.05) is 6.04 Å². The van der Waals surface area contributed by atoms with Crippen LogP contribution >= 0.6 is 0 Å². The van der Waals surface area contributed by atoms with Crippen LogP contribution < -0.4 is 11.3 Å². The second kappa shape index (κ2) is 6.47. The number of nitrogens with one attached hydrogen (secondary N) is 1. The highest BCUT2D eigenvalue weighted by Crippen LogP contribution is 2.15. The number of hydrogen-bond donors (Lipinski definition) is 2. The molecule has 0 saturated heterocycles. The molecule has 1 unspecified atom stereocenters. The Kier molecular flexibility index (Phi) is 5.25. The molecule has 0 aliphatic heterocycles. The minimum Gasteiger partial charge on any atom is -0.271 e. The van der Waals surface area contributed by atoms with Crippen LogP contribution in [0.1, 0.15) is 25.3 Å². The predicted octanol–water partition coefficient (Wildman–Crippen LogP) is 2.70. The highest BCUT2D eigenvalue weighted by atomic mass is 19.2. The monoisotopic (exact) mass is 240 g/mol. The van der Waals surface area contributed by atoms with Crippen LogP contribution in [0, 0.1) is 11.6 Å². The van der Waals surface area contributed by atoms with Crippen LogP contribution in [0.2, 0.25) is 0 Å². The fourth-order valence-corrected chi connectivity index (χ4v) is 1.64. The summed E-state index contributed by atoms with van der Waals surface area (Å²) in [7, 11) is 0. The molecule has 1 rings (SSSR count). The largest absolute Gasteiger partial charge is 0.271 e. The maximum Gasteiger partial charge on any atom is 0.162 e. The SMILES string of the molecule is C=C(C)CCC(Cc1cccc(F)c1F)NN. The van der Waals surface area contributed by atoms with E-state index in [1.807, 2.05) is 6.92 Å². The topological polar surface area (TPSA) is 38.0 Å². The van der Waals surface area contributed by atoms with E-state index < -0.39 is 11.6 Å². The molecule has 0 saturated carbocycles. The second-order valence-corrected chi connectivity index (χ2v) is 4.28. The van der Waals surface area contributed by atoms with E-state index >= 15 is 0 Å². The zero-order chi connectivity index (χ0) is 12.8. The van der Waals surface area contributed by atoms with Gasteiger partial charge in [-0.2, -0.15) is 0 Å². The molecule has 0 aromatic heterocycles. The van der Waals surface area contributed by atoms with Crippen LogP contribution in [0.25, 0.3) is 0 Å². The number of hydrazine groups is 1. The van der Waals surface area contributed by atoms with E-state index in [9.17, 15) is 8.78 Å². The Labute approximate surface area is 100 Å². The van der Waals surface area contributed by atoms with Crippen molar-refractivity contribution >= 4 is 0 Å². The average Bonchev–Trinajstić information content (AvgIpc) is 2.29. The fourth-order valence-electron chi connectivity index (χ4n) is 1.64. The van der Waals surface area contributed by atoms with Crippen molar-refractivity contribution in [1.82, 2.24) is 5.43 Å². The van der Waals surface area contributed by atoms with E-state index in [1.54, 1.807) is 6.07 Å². The fraction of sp³-hybridized carbons (Fsp3) is 0.385. The third kappa shape index (κ3) is 4.24. The van der Waals surface area contributed by atoms with Crippen molar-refractivity contribution in [3.05, 3.63) is 47.5 Å². The van der Waals surface area contributed by atoms with Gasteiger partial charge in [0.2, 0.25) is 0 Å². The van der Waals surface area contributed by atoms with Crippen molar-refractivity contribution in [2.75, 3.05) is 0 Å². The van der Waals surface area contributed by atoms with Gasteiger partial charge >= 0.3 is 0 Å². The van der Waals surface area contributed by atoms with Gasteiger partial charge in [-0.15, -0.1) is 6.58 Å². The van der Waals surface area contributed by atoms with Crippen molar-refractivity contribution < 1.29 is 8.78 Å². The van der Waals surface area contributed by atoms with Gasteiger partial charge in [0.15, 0.2) is 11.6 Å². The summed E-state index contributed by atoms with van der Waals surface area (Å²) in [5, 5.41) is 0. The molecule has 1 aromatic carbocycles. The molecule has 3 N–H and O–H groups in total. The molecule has 0 aliphatic carbocycles. The molecule has 0 aliphatic rings. The van der Waals surface area contributed by atoms with Gasteiger partial charge < -0.3 is 0 Å². The van der Waals surface area contributed by atoms with Gasteiger partial charge in [0.25, 0.3) is 0 Å². The highest BCUT2D eigenvalue weighted by molar-refractivity contribution is 5.20. The first-order valence-electron chi connectivity index (χ1n) is 5.58. The molecule has 0 radical (unpaired) electrons. The predicted molar refractivity (Wildman–Crippen MR) is 65.2 cm³/mol. The summed E-state index contributed by atoms with van der Waals surface area (Å²) in [6.07, 6.45) is 1.93. The van der Waals surface area contributed by atoms with E-state index in [4.69, 9.17) is 5.84 Å². The Bertz CT molecular complexity index is 391. The molecule has 2 nitrogen and oxygen atoms in total. The smallest absolute Gasteiger partial charge is 0.162 e. The third-order valence-electron chi connectivity index (χ3n) is 2.65. The first-order chi connectivity index (χ1) is 8.04. The standard InChI is InChI=1S/C13H18F2N2/c1-9(2)6-7-11(17-16)8-10-4-3-5-12(14)13(10)15/h3-5,11,17H,1,6-8,16H2,2H3. The van der Waals surface area contributed by atoms with Crippen LogP contribution in [0.3, 0.4) is 0 Å². The van der Waals surface area contributed by atoms with E-state index in [2.05, 4.69) is 12.0 Å². The number of nitrogens with two attached hydrogens (primary N) is 1. The van der Waals surface area contributed by atoms with Crippen LogP contribution in [-0.4, -0.2) is 6.04 Å². The Balaban J connectivity index is 2.67. The Morgan fingerprint density at radius 2 is 2.18 bits per heavy atom. The van der Waals surface area contributed by atoms with Crippen LogP contribution in [0.4, 0.5) is 8.78 Å². The highest BCUT2D eigenvalue weighted by Gasteiger charge is 2.13. The van der Waals surface area contributed by atoms with Crippen LogP contribution in [0.5, 0.6) is 0 Å². The summed E-state index contributed by atoms with van der Waals surface area (Å²) in [4.78, 5) is 0. The maximum absolute atomic E-state index is 13.4. The number of benzene rings is 1. The molecule has 0 amide bonds. The van der Waals surface area contributed by atoms with Gasteiger partial charge in [-0.3, -0.25) is 11.3 Å². The number of rotatable bonds is 6. The van der Waals surface area contributed by atoms with Gasteiger partial charge in [-0.05, 0) is 37.8 Å². The summed E-state index contributed by atoms with van der Waals surface area (Å²) in [5.41, 5.74) is 4.01. The molecule has 0 spiro atoms. The normalized spacial score (nSPS) is 12.5. The molecule has 1 atom stereocenters. The molecular weight excluding hydrogens is 222 g/mol. The first-order valence-corrected chi connectivity index (χ1v) is 5.58. The van der Waals surface area contributed by atoms with Crippen molar-refractivity contribution in [3.8, 4) is 0 Å². The van der Waals surface area contributed by atoms with Gasteiger partial charge in [0.05, 0.1) is 0 Å². The lowest BCUT2D eigenvalue weighted by Crippen LogP contribution is -2.37. The summed E-state index contributed by atoms with van der Waals surface area (Å²) >= 11 is 0. The number of hydrogen-bond acceptors (Lipinski definition) is 2. The summed E-state index contributed by atoms with van der Waals surface area (Å²) < 4.78 is 26.4. The molecule has 94 valence electrons. The Hall–Kier alpha value is -1.26. The summed E-state index contributed by atoms with van der Waals surface area (Å²) in [6, 6.07) is 4.10. The lowest BCUT2D eigenvalue weighted by Gasteiger charge is -2.16. The summed E-state index contributed by atoms with van der Waals surface area (Å²) in [6.45, 7) is 5.72. The van der Waals surface area contributed by atoms with Gasteiger partial charge in [0.1, 0.15) is 0 Å². The summed E-state index contributed by atoms with van der Waals surface area (Å²) in [5.74, 6) is 3.79. The van der Waals surface area contributed by atoms with Crippen LogP contribution in [-0.2, 0) is 6.42 Å². The maximum atomic E-state index is 13.4. The molecule has 17 heavy (non-hydrogen) atoms. The number of allylic oxidation sites excluding steroid dienone is 1. The number of halogens is 2. The Morgan fingerprint density at radius 1 is 1.47 bits per heavy atom.